The molecule has 1 unspecified atom stereocenters. The van der Waals surface area contributed by atoms with Crippen molar-refractivity contribution in [2.45, 2.75) is 25.9 Å². The lowest BCUT2D eigenvalue weighted by atomic mass is 10.0. The first-order valence-electron chi connectivity index (χ1n) is 3.52. The molecule has 0 aromatic rings. The fourth-order valence-corrected chi connectivity index (χ4v) is 0.703. The molecule has 0 aliphatic rings. The second-order valence-corrected chi connectivity index (χ2v) is 2.98. The molecule has 1 amide bonds. The Morgan fingerprint density at radius 3 is 2.33 bits per heavy atom. The zero-order chi connectivity index (χ0) is 9.78. The Labute approximate surface area is 70.4 Å². The number of aliphatic carboxylic acids is 1. The van der Waals surface area contributed by atoms with Crippen molar-refractivity contribution in [3.63, 3.8) is 0 Å². The molecule has 1 atom stereocenters. The van der Waals surface area contributed by atoms with Crippen LogP contribution in [-0.2, 0) is 9.59 Å². The largest absolute Gasteiger partial charge is 0.481 e. The molecule has 0 bridgehead atoms. The number of hydrogen-bond acceptors (Lipinski definition) is 3. The minimum absolute atomic E-state index is 0.0470. The Morgan fingerprint density at radius 2 is 2.00 bits per heavy atom. The van der Waals surface area contributed by atoms with E-state index in [-0.39, 0.29) is 18.9 Å². The van der Waals surface area contributed by atoms with Crippen LogP contribution in [0.1, 0.15) is 20.3 Å². The van der Waals surface area contributed by atoms with Gasteiger partial charge in [-0.3, -0.25) is 9.59 Å². The van der Waals surface area contributed by atoms with Crippen LogP contribution in [0.2, 0.25) is 0 Å². The predicted octanol–water partition coefficient (Wildman–Crippen LogP) is -0.652. The Morgan fingerprint density at radius 1 is 1.50 bits per heavy atom. The minimum atomic E-state index is -1.38. The number of carbonyl (C=O) groups is 2. The zero-order valence-electron chi connectivity index (χ0n) is 7.13. The van der Waals surface area contributed by atoms with Gasteiger partial charge in [0.05, 0.1) is 12.0 Å². The van der Waals surface area contributed by atoms with Crippen molar-refractivity contribution >= 4 is 11.9 Å². The second-order valence-electron chi connectivity index (χ2n) is 2.98. The van der Waals surface area contributed by atoms with Crippen molar-refractivity contribution in [3.05, 3.63) is 0 Å². The third-order valence-electron chi connectivity index (χ3n) is 1.25. The maximum atomic E-state index is 10.4. The number of hydrogen-bond donors (Lipinski definition) is 3. The molecule has 0 heterocycles. The van der Waals surface area contributed by atoms with E-state index in [1.165, 1.54) is 13.8 Å². The van der Waals surface area contributed by atoms with Gasteiger partial charge in [-0.05, 0) is 6.92 Å². The van der Waals surface area contributed by atoms with Crippen molar-refractivity contribution in [1.82, 2.24) is 5.32 Å². The van der Waals surface area contributed by atoms with E-state index in [2.05, 4.69) is 5.32 Å². The van der Waals surface area contributed by atoms with Crippen molar-refractivity contribution in [2.75, 3.05) is 6.54 Å². The van der Waals surface area contributed by atoms with E-state index < -0.39 is 11.6 Å². The second kappa shape index (κ2) is 4.06. The van der Waals surface area contributed by atoms with Crippen LogP contribution in [0.15, 0.2) is 0 Å². The summed E-state index contributed by atoms with van der Waals surface area (Å²) in [6, 6.07) is 0. The smallest absolute Gasteiger partial charge is 0.306 e. The van der Waals surface area contributed by atoms with Crippen LogP contribution in [0, 0.1) is 0 Å². The number of nitrogens with one attached hydrogen (secondary N) is 1. The van der Waals surface area contributed by atoms with Gasteiger partial charge in [-0.1, -0.05) is 0 Å². The molecule has 0 aliphatic carbocycles. The van der Waals surface area contributed by atoms with E-state index >= 15 is 0 Å². The van der Waals surface area contributed by atoms with Gasteiger partial charge in [-0.2, -0.15) is 0 Å². The first kappa shape index (κ1) is 10.9. The quantitative estimate of drug-likeness (QED) is 0.529. The van der Waals surface area contributed by atoms with Crippen LogP contribution in [0.3, 0.4) is 0 Å². The van der Waals surface area contributed by atoms with Gasteiger partial charge in [0.1, 0.15) is 0 Å². The highest BCUT2D eigenvalue weighted by Crippen LogP contribution is 2.06. The molecule has 0 aromatic carbocycles. The van der Waals surface area contributed by atoms with E-state index in [1.807, 2.05) is 0 Å². The van der Waals surface area contributed by atoms with Gasteiger partial charge in [0, 0.05) is 13.5 Å². The molecule has 3 N–H and O–H groups in total. The highest BCUT2D eigenvalue weighted by Gasteiger charge is 2.23. The molecule has 5 heteroatoms. The van der Waals surface area contributed by atoms with Crippen LogP contribution in [0.4, 0.5) is 0 Å². The van der Waals surface area contributed by atoms with Gasteiger partial charge in [-0.25, -0.2) is 0 Å². The van der Waals surface area contributed by atoms with Crippen LogP contribution < -0.4 is 5.32 Å². The van der Waals surface area contributed by atoms with Gasteiger partial charge in [0.15, 0.2) is 0 Å². The fraction of sp³-hybridized carbons (Fsp3) is 0.714. The summed E-state index contributed by atoms with van der Waals surface area (Å²) in [5, 5.41) is 20.0. The molecular formula is C7H13NO4. The van der Waals surface area contributed by atoms with Crippen LogP contribution in [0.25, 0.3) is 0 Å². The van der Waals surface area contributed by atoms with E-state index in [1.54, 1.807) is 0 Å². The first-order valence-corrected chi connectivity index (χ1v) is 3.52. The molecular weight excluding hydrogens is 162 g/mol. The van der Waals surface area contributed by atoms with Crippen LogP contribution >= 0.6 is 0 Å². The Kier molecular flexibility index (Phi) is 3.69. The summed E-state index contributed by atoms with van der Waals surface area (Å²) in [6.45, 7) is 2.61. The van der Waals surface area contributed by atoms with Gasteiger partial charge >= 0.3 is 5.97 Å². The van der Waals surface area contributed by atoms with E-state index in [9.17, 15) is 14.7 Å². The maximum Gasteiger partial charge on any atom is 0.306 e. The number of carboxylic acid groups (broad SMARTS) is 1. The van der Waals surface area contributed by atoms with Crippen molar-refractivity contribution in [1.29, 1.82) is 0 Å². The van der Waals surface area contributed by atoms with Gasteiger partial charge < -0.3 is 15.5 Å². The molecule has 0 saturated heterocycles. The highest BCUT2D eigenvalue weighted by molar-refractivity contribution is 5.73. The summed E-state index contributed by atoms with van der Waals surface area (Å²) in [7, 11) is 0. The average Bonchev–Trinajstić information content (AvgIpc) is 1.81. The lowest BCUT2D eigenvalue weighted by molar-refractivity contribution is -0.142. The molecule has 0 radical (unpaired) electrons. The standard InChI is InChI=1S/C7H13NO4/c1-5(9)8-4-7(2,12)3-6(10)11/h12H,3-4H2,1-2H3,(H,8,9)(H,10,11). The highest BCUT2D eigenvalue weighted by atomic mass is 16.4. The summed E-state index contributed by atoms with van der Waals surface area (Å²) in [6.07, 6.45) is -0.382. The molecule has 5 nitrogen and oxygen atoms in total. The van der Waals surface area contributed by atoms with Gasteiger partial charge in [0.25, 0.3) is 0 Å². The molecule has 0 rings (SSSR count). The zero-order valence-corrected chi connectivity index (χ0v) is 7.13. The van der Waals surface area contributed by atoms with Crippen LogP contribution in [-0.4, -0.2) is 34.2 Å². The summed E-state index contributed by atoms with van der Waals surface area (Å²) in [5.74, 6) is -1.38. The Balaban J connectivity index is 3.86. The number of carboxylic acids is 1. The summed E-state index contributed by atoms with van der Waals surface area (Å²) < 4.78 is 0. The summed E-state index contributed by atoms with van der Waals surface area (Å²) in [4.78, 5) is 20.6. The van der Waals surface area contributed by atoms with Crippen molar-refractivity contribution < 1.29 is 19.8 Å². The summed E-state index contributed by atoms with van der Waals surface area (Å²) >= 11 is 0. The lowest BCUT2D eigenvalue weighted by Crippen LogP contribution is -2.41. The average molecular weight is 175 g/mol. The van der Waals surface area contributed by atoms with Gasteiger partial charge in [0.2, 0.25) is 5.91 Å². The summed E-state index contributed by atoms with van der Waals surface area (Å²) in [5.41, 5.74) is -1.38. The Bertz CT molecular complexity index is 188. The normalized spacial score (nSPS) is 14.9. The molecule has 70 valence electrons. The SMILES string of the molecule is CC(=O)NCC(C)(O)CC(=O)O. The minimum Gasteiger partial charge on any atom is -0.481 e. The van der Waals surface area contributed by atoms with E-state index in [0.29, 0.717) is 0 Å². The molecule has 12 heavy (non-hydrogen) atoms. The fourth-order valence-electron chi connectivity index (χ4n) is 0.703. The molecule has 0 saturated carbocycles. The van der Waals surface area contributed by atoms with Crippen LogP contribution in [0.5, 0.6) is 0 Å². The lowest BCUT2D eigenvalue weighted by Gasteiger charge is -2.20. The third kappa shape index (κ3) is 5.67. The molecule has 0 spiro atoms. The number of carbonyl (C=O) groups excluding carboxylic acids is 1. The molecule has 0 fully saturated rings. The van der Waals surface area contributed by atoms with Gasteiger partial charge in [-0.15, -0.1) is 0 Å². The Hall–Kier alpha value is -1.10. The topological polar surface area (TPSA) is 86.6 Å². The monoisotopic (exact) mass is 175 g/mol. The third-order valence-corrected chi connectivity index (χ3v) is 1.25. The molecule has 0 aromatic heterocycles. The first-order chi connectivity index (χ1) is 5.33. The number of amides is 1. The van der Waals surface area contributed by atoms with E-state index in [4.69, 9.17) is 5.11 Å². The van der Waals surface area contributed by atoms with Crippen molar-refractivity contribution in [2.24, 2.45) is 0 Å². The van der Waals surface area contributed by atoms with E-state index in [0.717, 1.165) is 0 Å². The van der Waals surface area contributed by atoms with Crippen molar-refractivity contribution in [3.8, 4) is 0 Å². The maximum absolute atomic E-state index is 10.4. The number of rotatable bonds is 4. The molecule has 0 aliphatic heterocycles. The number of aliphatic hydroxyl groups is 1. The predicted molar refractivity (Wildman–Crippen MR) is 41.6 cm³/mol.